The lowest BCUT2D eigenvalue weighted by Gasteiger charge is -2.13. The van der Waals surface area contributed by atoms with Crippen LogP contribution in [0.4, 0.5) is 5.69 Å². The molecule has 0 aliphatic rings. The first-order valence-electron chi connectivity index (χ1n) is 6.68. The van der Waals surface area contributed by atoms with Gasteiger partial charge in [0.15, 0.2) is 5.43 Å². The Morgan fingerprint density at radius 1 is 1.05 bits per heavy atom. The van der Waals surface area contributed by atoms with Crippen molar-refractivity contribution in [2.24, 2.45) is 0 Å². The van der Waals surface area contributed by atoms with E-state index in [-0.39, 0.29) is 11.2 Å². The predicted molar refractivity (Wildman–Crippen MR) is 86.0 cm³/mol. The lowest BCUT2D eigenvalue weighted by Crippen LogP contribution is -2.10. The van der Waals surface area contributed by atoms with E-state index < -0.39 is 0 Å². The number of phenols is 1. The van der Waals surface area contributed by atoms with Crippen LogP contribution in [0.5, 0.6) is 5.75 Å². The van der Waals surface area contributed by atoms with E-state index in [4.69, 9.17) is 0 Å². The lowest BCUT2D eigenvalue weighted by molar-refractivity contribution is 0.475. The summed E-state index contributed by atoms with van der Waals surface area (Å²) in [6, 6.07) is 14.1. The fourth-order valence-corrected chi connectivity index (χ4v) is 2.34. The second kappa shape index (κ2) is 4.98. The number of anilines is 1. The number of nitrogens with one attached hydrogen (secondary N) is 1. The first-order chi connectivity index (χ1) is 10.0. The Morgan fingerprint density at radius 3 is 2.57 bits per heavy atom. The van der Waals surface area contributed by atoms with E-state index in [9.17, 15) is 9.90 Å². The van der Waals surface area contributed by atoms with Gasteiger partial charge in [-0.05, 0) is 30.3 Å². The molecule has 0 amide bonds. The van der Waals surface area contributed by atoms with Gasteiger partial charge >= 0.3 is 0 Å². The molecule has 0 saturated carbocycles. The van der Waals surface area contributed by atoms with Crippen molar-refractivity contribution < 1.29 is 5.11 Å². The van der Waals surface area contributed by atoms with E-state index in [1.165, 1.54) is 0 Å². The van der Waals surface area contributed by atoms with Gasteiger partial charge in [-0.15, -0.1) is 0 Å². The Balaban J connectivity index is 2.20. The fourth-order valence-electron chi connectivity index (χ4n) is 2.34. The van der Waals surface area contributed by atoms with Crippen molar-refractivity contribution in [3.05, 3.63) is 58.8 Å². The van der Waals surface area contributed by atoms with Crippen LogP contribution in [0.15, 0.2) is 53.3 Å². The van der Waals surface area contributed by atoms with Crippen LogP contribution in [0.1, 0.15) is 0 Å². The molecular formula is C17H16N2O2. The molecule has 0 aliphatic heterocycles. The molecule has 21 heavy (non-hydrogen) atoms. The molecule has 0 radical (unpaired) electrons. The number of benzene rings is 2. The number of H-pyrrole nitrogens is 1. The summed E-state index contributed by atoms with van der Waals surface area (Å²) in [5.41, 5.74) is 3.21. The number of rotatable bonds is 2. The second-order valence-electron chi connectivity index (χ2n) is 5.22. The molecule has 0 fully saturated rings. The quantitative estimate of drug-likeness (QED) is 0.758. The Hall–Kier alpha value is -2.75. The molecule has 4 nitrogen and oxygen atoms in total. The monoisotopic (exact) mass is 280 g/mol. The summed E-state index contributed by atoms with van der Waals surface area (Å²) in [6.45, 7) is 0. The number of aromatic hydroxyl groups is 1. The summed E-state index contributed by atoms with van der Waals surface area (Å²) >= 11 is 0. The largest absolute Gasteiger partial charge is 0.508 e. The van der Waals surface area contributed by atoms with Crippen LogP contribution in [0, 0.1) is 0 Å². The summed E-state index contributed by atoms with van der Waals surface area (Å²) in [5, 5.41) is 10.2. The number of pyridine rings is 1. The predicted octanol–water partition coefficient (Wildman–Crippen LogP) is 2.97. The van der Waals surface area contributed by atoms with Crippen molar-refractivity contribution in [2.75, 3.05) is 19.0 Å². The molecule has 0 saturated heterocycles. The van der Waals surface area contributed by atoms with Gasteiger partial charge in [0.25, 0.3) is 0 Å². The SMILES string of the molecule is CN(C)c1ccc2[nH]c(-c3cccc(O)c3)cc(=O)c2c1. The zero-order valence-electron chi connectivity index (χ0n) is 11.9. The minimum atomic E-state index is -0.0363. The van der Waals surface area contributed by atoms with E-state index in [0.717, 1.165) is 16.8 Å². The summed E-state index contributed by atoms with van der Waals surface area (Å²) in [5.74, 6) is 0.177. The molecule has 3 rings (SSSR count). The number of aromatic nitrogens is 1. The van der Waals surface area contributed by atoms with E-state index in [2.05, 4.69) is 4.98 Å². The van der Waals surface area contributed by atoms with Crippen molar-refractivity contribution in [3.63, 3.8) is 0 Å². The molecule has 2 N–H and O–H groups in total. The third kappa shape index (κ3) is 2.48. The summed E-state index contributed by atoms with van der Waals surface area (Å²) in [4.78, 5) is 17.5. The van der Waals surface area contributed by atoms with Crippen molar-refractivity contribution in [3.8, 4) is 17.0 Å². The molecule has 2 aromatic carbocycles. The van der Waals surface area contributed by atoms with Gasteiger partial charge in [0, 0.05) is 48.0 Å². The zero-order chi connectivity index (χ0) is 15.0. The number of hydrogen-bond donors (Lipinski definition) is 2. The van der Waals surface area contributed by atoms with E-state index >= 15 is 0 Å². The van der Waals surface area contributed by atoms with Gasteiger partial charge in [-0.25, -0.2) is 0 Å². The van der Waals surface area contributed by atoms with Gasteiger partial charge in [0.05, 0.1) is 0 Å². The highest BCUT2D eigenvalue weighted by Crippen LogP contribution is 2.23. The highest BCUT2D eigenvalue weighted by molar-refractivity contribution is 5.84. The number of hydrogen-bond acceptors (Lipinski definition) is 3. The molecule has 4 heteroatoms. The zero-order valence-corrected chi connectivity index (χ0v) is 11.9. The molecule has 0 unspecified atom stereocenters. The number of aromatic amines is 1. The maximum atomic E-state index is 12.3. The van der Waals surface area contributed by atoms with Gasteiger partial charge in [-0.3, -0.25) is 4.79 Å². The van der Waals surface area contributed by atoms with E-state index in [0.29, 0.717) is 11.1 Å². The molecule has 0 bridgehead atoms. The molecule has 106 valence electrons. The van der Waals surface area contributed by atoms with Crippen molar-refractivity contribution >= 4 is 16.6 Å². The topological polar surface area (TPSA) is 56.3 Å². The summed E-state index contributed by atoms with van der Waals surface area (Å²) in [6.07, 6.45) is 0. The fraction of sp³-hybridized carbons (Fsp3) is 0.118. The van der Waals surface area contributed by atoms with Crippen molar-refractivity contribution in [1.29, 1.82) is 0 Å². The van der Waals surface area contributed by atoms with E-state index in [1.54, 1.807) is 24.3 Å². The van der Waals surface area contributed by atoms with Crippen LogP contribution < -0.4 is 10.3 Å². The maximum Gasteiger partial charge on any atom is 0.190 e. The maximum absolute atomic E-state index is 12.3. The van der Waals surface area contributed by atoms with Crippen molar-refractivity contribution in [1.82, 2.24) is 4.98 Å². The smallest absolute Gasteiger partial charge is 0.190 e. The van der Waals surface area contributed by atoms with Crippen molar-refractivity contribution in [2.45, 2.75) is 0 Å². The third-order valence-corrected chi connectivity index (χ3v) is 3.49. The molecule has 0 atom stereocenters. The van der Waals surface area contributed by atoms with Crippen LogP contribution in [0.2, 0.25) is 0 Å². The Kier molecular flexibility index (Phi) is 3.14. The molecule has 1 aromatic heterocycles. The summed E-state index contributed by atoms with van der Waals surface area (Å²) < 4.78 is 0. The molecular weight excluding hydrogens is 264 g/mol. The van der Waals surface area contributed by atoms with Gasteiger partial charge < -0.3 is 15.0 Å². The minimum Gasteiger partial charge on any atom is -0.508 e. The summed E-state index contributed by atoms with van der Waals surface area (Å²) in [7, 11) is 3.88. The second-order valence-corrected chi connectivity index (χ2v) is 5.22. The molecule has 0 aliphatic carbocycles. The molecule has 1 heterocycles. The molecule has 3 aromatic rings. The van der Waals surface area contributed by atoms with Crippen LogP contribution in [-0.2, 0) is 0 Å². The standard InChI is InChI=1S/C17H16N2O2/c1-19(2)12-6-7-15-14(9-12)17(21)10-16(18-15)11-4-3-5-13(20)8-11/h3-10,20H,1-2H3,(H,18,21). The van der Waals surface area contributed by atoms with Gasteiger partial charge in [0.1, 0.15) is 5.75 Å². The normalized spacial score (nSPS) is 10.8. The highest BCUT2D eigenvalue weighted by atomic mass is 16.3. The Bertz CT molecular complexity index is 866. The number of fused-ring (bicyclic) bond motifs is 1. The van der Waals surface area contributed by atoms with Crippen LogP contribution in [0.25, 0.3) is 22.2 Å². The average Bonchev–Trinajstić information content (AvgIpc) is 2.46. The van der Waals surface area contributed by atoms with Gasteiger partial charge in [-0.2, -0.15) is 0 Å². The van der Waals surface area contributed by atoms with E-state index in [1.807, 2.05) is 43.3 Å². The van der Waals surface area contributed by atoms with Crippen LogP contribution in [0.3, 0.4) is 0 Å². The van der Waals surface area contributed by atoms with Crippen LogP contribution in [-0.4, -0.2) is 24.2 Å². The Labute approximate surface area is 122 Å². The van der Waals surface area contributed by atoms with Gasteiger partial charge in [0.2, 0.25) is 0 Å². The van der Waals surface area contributed by atoms with Crippen LogP contribution >= 0.6 is 0 Å². The number of phenolic OH excluding ortho intramolecular Hbond substituents is 1. The lowest BCUT2D eigenvalue weighted by atomic mass is 10.1. The highest BCUT2D eigenvalue weighted by Gasteiger charge is 2.06. The third-order valence-electron chi connectivity index (χ3n) is 3.49. The first kappa shape index (κ1) is 13.2. The first-order valence-corrected chi connectivity index (χ1v) is 6.68. The minimum absolute atomic E-state index is 0.0363. The van der Waals surface area contributed by atoms with Gasteiger partial charge in [-0.1, -0.05) is 12.1 Å². The average molecular weight is 280 g/mol. The number of nitrogens with zero attached hydrogens (tertiary/aromatic N) is 1. The Morgan fingerprint density at radius 2 is 1.86 bits per heavy atom. The molecule has 0 spiro atoms.